The van der Waals surface area contributed by atoms with E-state index in [1.807, 2.05) is 12.4 Å². The molecule has 0 radical (unpaired) electrons. The molecule has 2 heterocycles. The van der Waals surface area contributed by atoms with E-state index in [1.165, 1.54) is 92.0 Å². The summed E-state index contributed by atoms with van der Waals surface area (Å²) >= 11 is 1.75. The number of hydrogen-bond acceptors (Lipinski definition) is 4. The van der Waals surface area contributed by atoms with Crippen LogP contribution in [-0.4, -0.2) is 15.0 Å². The van der Waals surface area contributed by atoms with Crippen molar-refractivity contribution in [2.45, 2.75) is 90.9 Å². The molecule has 4 aromatic rings. The van der Waals surface area contributed by atoms with E-state index in [0.717, 1.165) is 28.3 Å². The Hall–Kier alpha value is -2.59. The number of aryl methyl sites for hydroxylation is 2. The third-order valence-corrected chi connectivity index (χ3v) is 7.76. The highest BCUT2D eigenvalue weighted by Gasteiger charge is 2.09. The molecule has 0 spiro atoms. The molecular weight excluding hydrogens is 446 g/mol. The number of nitrogens with zero attached hydrogens (tertiary/aromatic N) is 3. The number of fused-ring (bicyclic) bond motifs is 1. The zero-order valence-corrected chi connectivity index (χ0v) is 22.2. The second-order valence-corrected chi connectivity index (χ2v) is 10.7. The summed E-state index contributed by atoms with van der Waals surface area (Å²) in [5.41, 5.74) is 5.95. The van der Waals surface area contributed by atoms with Gasteiger partial charge >= 0.3 is 0 Å². The van der Waals surface area contributed by atoms with E-state index in [2.05, 4.69) is 66.3 Å². The van der Waals surface area contributed by atoms with Gasteiger partial charge in [-0.25, -0.2) is 15.0 Å². The van der Waals surface area contributed by atoms with Gasteiger partial charge in [0.1, 0.15) is 5.01 Å². The van der Waals surface area contributed by atoms with Gasteiger partial charge in [0.15, 0.2) is 5.82 Å². The quantitative estimate of drug-likeness (QED) is 0.167. The fraction of sp³-hybridized carbons (Fsp3) is 0.452. The summed E-state index contributed by atoms with van der Waals surface area (Å²) in [6.07, 6.45) is 19.3. The van der Waals surface area contributed by atoms with Crippen LogP contribution in [-0.2, 0) is 12.8 Å². The number of unbranched alkanes of at least 4 members (excludes halogenated alkanes) is 8. The maximum atomic E-state index is 4.89. The molecule has 35 heavy (non-hydrogen) atoms. The summed E-state index contributed by atoms with van der Waals surface area (Å²) in [6, 6.07) is 15.3. The summed E-state index contributed by atoms with van der Waals surface area (Å²) < 4.78 is 1.18. The molecule has 0 saturated carbocycles. The SMILES string of the molecule is CCCCCCCCc1cnc(-c2ccc3nc(-c4ccc(CCCCCC)cc4)sc3c2)nc1. The molecule has 0 atom stereocenters. The Balaban J connectivity index is 1.37. The molecule has 0 saturated heterocycles. The van der Waals surface area contributed by atoms with Crippen LogP contribution < -0.4 is 0 Å². The van der Waals surface area contributed by atoms with E-state index >= 15 is 0 Å². The van der Waals surface area contributed by atoms with Crippen molar-refractivity contribution in [2.24, 2.45) is 0 Å². The van der Waals surface area contributed by atoms with Gasteiger partial charge in [0, 0.05) is 23.5 Å². The average molecular weight is 486 g/mol. The molecule has 4 heteroatoms. The van der Waals surface area contributed by atoms with Gasteiger partial charge in [-0.3, -0.25) is 0 Å². The zero-order valence-electron chi connectivity index (χ0n) is 21.4. The van der Waals surface area contributed by atoms with E-state index < -0.39 is 0 Å². The van der Waals surface area contributed by atoms with E-state index in [0.29, 0.717) is 0 Å². The number of benzene rings is 2. The molecule has 0 unspecified atom stereocenters. The van der Waals surface area contributed by atoms with Crippen LogP contribution in [0.3, 0.4) is 0 Å². The van der Waals surface area contributed by atoms with Crippen molar-refractivity contribution < 1.29 is 0 Å². The molecule has 2 aromatic heterocycles. The molecule has 0 fully saturated rings. The second-order valence-electron chi connectivity index (χ2n) is 9.64. The van der Waals surface area contributed by atoms with Crippen LogP contribution in [0.5, 0.6) is 0 Å². The first-order chi connectivity index (χ1) is 17.3. The van der Waals surface area contributed by atoms with Gasteiger partial charge < -0.3 is 0 Å². The lowest BCUT2D eigenvalue weighted by molar-refractivity contribution is 0.607. The molecule has 0 bridgehead atoms. The fourth-order valence-electron chi connectivity index (χ4n) is 4.50. The summed E-state index contributed by atoms with van der Waals surface area (Å²) in [7, 11) is 0. The van der Waals surface area contributed by atoms with Gasteiger partial charge in [-0.1, -0.05) is 89.5 Å². The molecule has 0 aliphatic rings. The highest BCUT2D eigenvalue weighted by atomic mass is 32.1. The topological polar surface area (TPSA) is 38.7 Å². The van der Waals surface area contributed by atoms with Crippen LogP contribution in [0.15, 0.2) is 54.9 Å². The predicted octanol–water partition coefficient (Wildman–Crippen LogP) is 9.45. The summed E-state index contributed by atoms with van der Waals surface area (Å²) in [5.74, 6) is 0.793. The molecular formula is C31H39N3S. The van der Waals surface area contributed by atoms with E-state index in [1.54, 1.807) is 11.3 Å². The predicted molar refractivity (Wildman–Crippen MR) is 151 cm³/mol. The Morgan fingerprint density at radius 1 is 0.629 bits per heavy atom. The van der Waals surface area contributed by atoms with Crippen molar-refractivity contribution in [1.29, 1.82) is 0 Å². The van der Waals surface area contributed by atoms with Crippen LogP contribution >= 0.6 is 11.3 Å². The Kier molecular flexibility index (Phi) is 9.83. The number of hydrogen-bond donors (Lipinski definition) is 0. The van der Waals surface area contributed by atoms with Gasteiger partial charge in [-0.2, -0.15) is 0 Å². The van der Waals surface area contributed by atoms with Crippen LogP contribution in [0, 0.1) is 0 Å². The lowest BCUT2D eigenvalue weighted by Gasteiger charge is -2.04. The lowest BCUT2D eigenvalue weighted by Crippen LogP contribution is -1.93. The van der Waals surface area contributed by atoms with Gasteiger partial charge in [-0.05, 0) is 55.0 Å². The lowest BCUT2D eigenvalue weighted by atomic mass is 10.0. The summed E-state index contributed by atoms with van der Waals surface area (Å²) in [4.78, 5) is 14.2. The van der Waals surface area contributed by atoms with Gasteiger partial charge in [0.2, 0.25) is 0 Å². The highest BCUT2D eigenvalue weighted by molar-refractivity contribution is 7.21. The van der Waals surface area contributed by atoms with E-state index in [-0.39, 0.29) is 0 Å². The first-order valence-electron chi connectivity index (χ1n) is 13.6. The Morgan fingerprint density at radius 2 is 1.23 bits per heavy atom. The monoisotopic (exact) mass is 485 g/mol. The minimum Gasteiger partial charge on any atom is -0.236 e. The minimum atomic E-state index is 0.793. The van der Waals surface area contributed by atoms with Gasteiger partial charge in [0.05, 0.1) is 10.2 Å². The first kappa shape index (κ1) is 25.5. The average Bonchev–Trinajstić information content (AvgIpc) is 3.33. The number of thiazole rings is 1. The molecule has 0 amide bonds. The molecule has 0 aliphatic heterocycles. The number of aromatic nitrogens is 3. The maximum Gasteiger partial charge on any atom is 0.159 e. The molecule has 184 valence electrons. The standard InChI is InChI=1S/C31H39N3S/c1-3-5-7-9-10-12-14-25-22-32-30(33-23-25)27-19-20-28-29(21-27)35-31(34-28)26-17-15-24(16-18-26)13-11-8-6-4-2/h15-23H,3-14H2,1-2H3. The Bertz CT molecular complexity index is 1160. The van der Waals surface area contributed by atoms with E-state index in [9.17, 15) is 0 Å². The molecule has 0 N–H and O–H groups in total. The van der Waals surface area contributed by atoms with E-state index in [4.69, 9.17) is 4.98 Å². The Morgan fingerprint density at radius 3 is 1.94 bits per heavy atom. The van der Waals surface area contributed by atoms with Gasteiger partial charge in [-0.15, -0.1) is 11.3 Å². The molecule has 0 aliphatic carbocycles. The third kappa shape index (κ3) is 7.44. The maximum absolute atomic E-state index is 4.89. The third-order valence-electron chi connectivity index (χ3n) is 6.69. The van der Waals surface area contributed by atoms with Crippen LogP contribution in [0.2, 0.25) is 0 Å². The summed E-state index contributed by atoms with van der Waals surface area (Å²) in [6.45, 7) is 4.52. The minimum absolute atomic E-state index is 0.793. The zero-order chi connectivity index (χ0) is 24.3. The first-order valence-corrected chi connectivity index (χ1v) is 14.4. The van der Waals surface area contributed by atoms with Crippen LogP contribution in [0.25, 0.3) is 32.2 Å². The van der Waals surface area contributed by atoms with Crippen molar-refractivity contribution in [3.63, 3.8) is 0 Å². The molecule has 3 nitrogen and oxygen atoms in total. The van der Waals surface area contributed by atoms with Crippen molar-refractivity contribution >= 4 is 21.6 Å². The highest BCUT2D eigenvalue weighted by Crippen LogP contribution is 2.32. The van der Waals surface area contributed by atoms with Crippen LogP contribution in [0.4, 0.5) is 0 Å². The van der Waals surface area contributed by atoms with Crippen molar-refractivity contribution in [1.82, 2.24) is 15.0 Å². The van der Waals surface area contributed by atoms with Crippen molar-refractivity contribution in [3.05, 3.63) is 66.0 Å². The van der Waals surface area contributed by atoms with Crippen LogP contribution in [0.1, 0.15) is 89.2 Å². The fourth-order valence-corrected chi connectivity index (χ4v) is 5.51. The summed E-state index contributed by atoms with van der Waals surface area (Å²) in [5, 5.41) is 1.07. The van der Waals surface area contributed by atoms with Crippen molar-refractivity contribution in [2.75, 3.05) is 0 Å². The van der Waals surface area contributed by atoms with Gasteiger partial charge in [0.25, 0.3) is 0 Å². The molecule has 4 rings (SSSR count). The normalized spacial score (nSPS) is 11.4. The largest absolute Gasteiger partial charge is 0.236 e. The Labute approximate surface area is 215 Å². The second kappa shape index (κ2) is 13.5. The van der Waals surface area contributed by atoms with Crippen molar-refractivity contribution in [3.8, 4) is 22.0 Å². The number of rotatable bonds is 14. The molecule has 2 aromatic carbocycles. The smallest absolute Gasteiger partial charge is 0.159 e.